The van der Waals surface area contributed by atoms with Crippen LogP contribution in [0, 0.1) is 0 Å². The van der Waals surface area contributed by atoms with Crippen LogP contribution in [0.2, 0.25) is 0 Å². The highest BCUT2D eigenvalue weighted by Crippen LogP contribution is 2.24. The van der Waals surface area contributed by atoms with E-state index in [9.17, 15) is 8.42 Å². The molecular formula is C14H20N4O2S2. The zero-order valence-corrected chi connectivity index (χ0v) is 14.1. The molecule has 2 aromatic heterocycles. The Labute approximate surface area is 134 Å². The molecule has 1 aliphatic heterocycles. The molecule has 120 valence electrons. The number of sulfonamides is 1. The van der Waals surface area contributed by atoms with Gasteiger partial charge in [-0.2, -0.15) is 16.4 Å². The van der Waals surface area contributed by atoms with E-state index in [4.69, 9.17) is 0 Å². The lowest BCUT2D eigenvalue weighted by Crippen LogP contribution is -2.38. The molecule has 6 nitrogen and oxygen atoms in total. The van der Waals surface area contributed by atoms with Crippen LogP contribution in [0.1, 0.15) is 23.7 Å². The quantitative estimate of drug-likeness (QED) is 0.864. The molecule has 0 aliphatic carbocycles. The summed E-state index contributed by atoms with van der Waals surface area (Å²) in [5.74, 6) is 0. The standard InChI is InChI=1S/C14H20N4O2S2/c1-22(19,20)16-6-3-14-10-17(8-12-4-7-21-11-12)9-13-2-5-15-18(13)14/h2,4-5,7,11,14,16H,3,6,8-10H2,1H3. The number of nitrogens with one attached hydrogen (secondary N) is 1. The molecule has 0 fully saturated rings. The van der Waals surface area contributed by atoms with Crippen LogP contribution in [0.4, 0.5) is 0 Å². The molecule has 2 aromatic rings. The van der Waals surface area contributed by atoms with Gasteiger partial charge in [0.15, 0.2) is 0 Å². The number of hydrogen-bond acceptors (Lipinski definition) is 5. The van der Waals surface area contributed by atoms with Crippen molar-refractivity contribution in [3.8, 4) is 0 Å². The molecule has 0 saturated heterocycles. The van der Waals surface area contributed by atoms with Crippen LogP contribution in [0.15, 0.2) is 29.1 Å². The Morgan fingerprint density at radius 3 is 3.05 bits per heavy atom. The smallest absolute Gasteiger partial charge is 0.208 e. The maximum atomic E-state index is 11.2. The van der Waals surface area contributed by atoms with Crippen LogP contribution in [-0.4, -0.2) is 42.4 Å². The fraction of sp³-hybridized carbons (Fsp3) is 0.500. The van der Waals surface area contributed by atoms with Crippen LogP contribution >= 0.6 is 11.3 Å². The van der Waals surface area contributed by atoms with Crippen molar-refractivity contribution < 1.29 is 8.42 Å². The monoisotopic (exact) mass is 340 g/mol. The van der Waals surface area contributed by atoms with Gasteiger partial charge in [-0.3, -0.25) is 9.58 Å². The van der Waals surface area contributed by atoms with Crippen molar-refractivity contribution in [2.45, 2.75) is 25.6 Å². The van der Waals surface area contributed by atoms with Crippen LogP contribution in [-0.2, 0) is 23.1 Å². The SMILES string of the molecule is CS(=O)(=O)NCCC1CN(Cc2ccsc2)Cc2ccnn21. The van der Waals surface area contributed by atoms with Gasteiger partial charge in [-0.1, -0.05) is 0 Å². The van der Waals surface area contributed by atoms with Crippen molar-refractivity contribution in [2.75, 3.05) is 19.3 Å². The maximum absolute atomic E-state index is 11.2. The molecule has 1 N–H and O–H groups in total. The number of rotatable bonds is 6. The Morgan fingerprint density at radius 1 is 1.45 bits per heavy atom. The van der Waals surface area contributed by atoms with Crippen LogP contribution in [0.5, 0.6) is 0 Å². The molecule has 8 heteroatoms. The van der Waals surface area contributed by atoms with E-state index in [1.54, 1.807) is 11.3 Å². The predicted molar refractivity (Wildman–Crippen MR) is 87.2 cm³/mol. The van der Waals surface area contributed by atoms with E-state index < -0.39 is 10.0 Å². The Bertz CT molecular complexity index is 709. The number of nitrogens with zero attached hydrogens (tertiary/aromatic N) is 3. The number of fused-ring (bicyclic) bond motifs is 1. The van der Waals surface area contributed by atoms with Crippen molar-refractivity contribution in [3.05, 3.63) is 40.3 Å². The second-order valence-corrected chi connectivity index (χ2v) is 8.29. The van der Waals surface area contributed by atoms with Crippen molar-refractivity contribution in [1.29, 1.82) is 0 Å². The Hall–Kier alpha value is -1.22. The van der Waals surface area contributed by atoms with Gasteiger partial charge in [-0.05, 0) is 34.9 Å². The summed E-state index contributed by atoms with van der Waals surface area (Å²) in [6.45, 7) is 3.13. The Balaban J connectivity index is 1.66. The zero-order chi connectivity index (χ0) is 15.6. The van der Waals surface area contributed by atoms with E-state index in [1.165, 1.54) is 17.5 Å². The topological polar surface area (TPSA) is 67.2 Å². The lowest BCUT2D eigenvalue weighted by Gasteiger charge is -2.33. The summed E-state index contributed by atoms with van der Waals surface area (Å²) in [5.41, 5.74) is 2.51. The number of aromatic nitrogens is 2. The molecular weight excluding hydrogens is 320 g/mol. The van der Waals surface area contributed by atoms with Crippen LogP contribution in [0.25, 0.3) is 0 Å². The average Bonchev–Trinajstić information content (AvgIpc) is 3.08. The molecule has 1 unspecified atom stereocenters. The first kappa shape index (κ1) is 15.7. The van der Waals surface area contributed by atoms with Gasteiger partial charge in [-0.15, -0.1) is 0 Å². The third kappa shape index (κ3) is 3.95. The molecule has 0 radical (unpaired) electrons. The third-order valence-corrected chi connectivity index (χ3v) is 5.24. The fourth-order valence-corrected chi connectivity index (χ4v) is 4.00. The minimum absolute atomic E-state index is 0.201. The summed E-state index contributed by atoms with van der Waals surface area (Å²) in [6, 6.07) is 4.39. The van der Waals surface area contributed by atoms with E-state index in [0.29, 0.717) is 6.54 Å². The molecule has 1 atom stereocenters. The van der Waals surface area contributed by atoms with Gasteiger partial charge in [0.25, 0.3) is 0 Å². The highest BCUT2D eigenvalue weighted by Gasteiger charge is 2.25. The number of thiophene rings is 1. The minimum atomic E-state index is -3.14. The van der Waals surface area contributed by atoms with Crippen molar-refractivity contribution in [1.82, 2.24) is 19.4 Å². The van der Waals surface area contributed by atoms with Crippen molar-refractivity contribution >= 4 is 21.4 Å². The van der Waals surface area contributed by atoms with Gasteiger partial charge in [0, 0.05) is 32.4 Å². The van der Waals surface area contributed by atoms with Crippen LogP contribution in [0.3, 0.4) is 0 Å². The first-order chi connectivity index (χ1) is 10.5. The third-order valence-electron chi connectivity index (χ3n) is 3.78. The van der Waals surface area contributed by atoms with Gasteiger partial charge in [0.05, 0.1) is 18.0 Å². The minimum Gasteiger partial charge on any atom is -0.291 e. The first-order valence-corrected chi connectivity index (χ1v) is 10.0. The molecule has 0 saturated carbocycles. The predicted octanol–water partition coefficient (Wildman–Crippen LogP) is 1.44. The Kier molecular flexibility index (Phi) is 4.62. The lowest BCUT2D eigenvalue weighted by molar-refractivity contribution is 0.162. The molecule has 3 rings (SSSR count). The van der Waals surface area contributed by atoms with Gasteiger partial charge in [-0.25, -0.2) is 13.1 Å². The summed E-state index contributed by atoms with van der Waals surface area (Å²) in [6.07, 6.45) is 3.75. The van der Waals surface area contributed by atoms with E-state index in [2.05, 4.69) is 31.5 Å². The van der Waals surface area contributed by atoms with Gasteiger partial charge >= 0.3 is 0 Å². The van der Waals surface area contributed by atoms with E-state index in [-0.39, 0.29) is 6.04 Å². The normalized spacial score (nSPS) is 19.2. The van der Waals surface area contributed by atoms with Crippen molar-refractivity contribution in [3.63, 3.8) is 0 Å². The molecule has 0 spiro atoms. The second kappa shape index (κ2) is 6.49. The molecule has 22 heavy (non-hydrogen) atoms. The summed E-state index contributed by atoms with van der Waals surface area (Å²) in [4.78, 5) is 2.39. The molecule has 0 bridgehead atoms. The van der Waals surface area contributed by atoms with Crippen molar-refractivity contribution in [2.24, 2.45) is 0 Å². The van der Waals surface area contributed by atoms with E-state index in [0.717, 1.165) is 26.1 Å². The summed E-state index contributed by atoms with van der Waals surface area (Å²) < 4.78 is 27.0. The summed E-state index contributed by atoms with van der Waals surface area (Å²) in [5, 5.41) is 8.67. The summed E-state index contributed by atoms with van der Waals surface area (Å²) >= 11 is 1.71. The van der Waals surface area contributed by atoms with E-state index >= 15 is 0 Å². The fourth-order valence-electron chi connectivity index (χ4n) is 2.85. The molecule has 0 amide bonds. The molecule has 1 aliphatic rings. The highest BCUT2D eigenvalue weighted by atomic mass is 32.2. The largest absolute Gasteiger partial charge is 0.291 e. The van der Waals surface area contributed by atoms with E-state index in [1.807, 2.05) is 16.9 Å². The second-order valence-electron chi connectivity index (χ2n) is 5.68. The van der Waals surface area contributed by atoms with Gasteiger partial charge in [0.1, 0.15) is 0 Å². The molecule has 0 aromatic carbocycles. The average molecular weight is 340 g/mol. The first-order valence-electron chi connectivity index (χ1n) is 7.22. The highest BCUT2D eigenvalue weighted by molar-refractivity contribution is 7.88. The Morgan fingerprint density at radius 2 is 2.32 bits per heavy atom. The maximum Gasteiger partial charge on any atom is 0.208 e. The van der Waals surface area contributed by atoms with Gasteiger partial charge < -0.3 is 0 Å². The molecule has 3 heterocycles. The number of hydrogen-bond donors (Lipinski definition) is 1. The zero-order valence-electron chi connectivity index (χ0n) is 12.5. The lowest BCUT2D eigenvalue weighted by atomic mass is 10.1. The van der Waals surface area contributed by atoms with Crippen LogP contribution < -0.4 is 4.72 Å². The summed E-state index contributed by atoms with van der Waals surface area (Å²) in [7, 11) is -3.14. The van der Waals surface area contributed by atoms with Gasteiger partial charge in [0.2, 0.25) is 10.0 Å².